The lowest BCUT2D eigenvalue weighted by atomic mass is 9.85. The Morgan fingerprint density at radius 1 is 1.16 bits per heavy atom. The molecule has 0 bridgehead atoms. The Bertz CT molecular complexity index is 1260. The van der Waals surface area contributed by atoms with Crippen molar-refractivity contribution in [3.8, 4) is 0 Å². The van der Waals surface area contributed by atoms with Gasteiger partial charge in [0.2, 0.25) is 5.91 Å². The number of aryl methyl sites for hydroxylation is 1. The van der Waals surface area contributed by atoms with E-state index in [4.69, 9.17) is 0 Å². The van der Waals surface area contributed by atoms with Crippen LogP contribution in [0, 0.1) is 11.8 Å². The molecule has 1 aromatic carbocycles. The third kappa shape index (κ3) is 6.46. The van der Waals surface area contributed by atoms with Crippen molar-refractivity contribution in [1.29, 1.82) is 0 Å². The number of nitrogens with one attached hydrogen (secondary N) is 4. The fourth-order valence-electron chi connectivity index (χ4n) is 5.02. The predicted octanol–water partition coefficient (Wildman–Crippen LogP) is 4.76. The summed E-state index contributed by atoms with van der Waals surface area (Å²) in [5.74, 6) is -0.364. The van der Waals surface area contributed by atoms with Crippen molar-refractivity contribution in [2.45, 2.75) is 58.2 Å². The summed E-state index contributed by atoms with van der Waals surface area (Å²) in [5, 5.41) is 9.32. The van der Waals surface area contributed by atoms with E-state index in [-0.39, 0.29) is 41.9 Å². The Balaban J connectivity index is 1.35. The average Bonchev–Trinajstić information content (AvgIpc) is 3.28. The molecule has 4 N–H and O–H groups in total. The minimum Gasteiger partial charge on any atom is -0.358 e. The van der Waals surface area contributed by atoms with Gasteiger partial charge in [0.05, 0.1) is 11.1 Å². The molecule has 204 valence electrons. The normalized spacial score (nSPS) is 16.9. The Kier molecular flexibility index (Phi) is 8.58. The molecule has 2 unspecified atom stereocenters. The number of carbonyl (C=O) groups excluding carboxylic acids is 2. The molecule has 0 saturated heterocycles. The van der Waals surface area contributed by atoms with Gasteiger partial charge in [-0.05, 0) is 60.9 Å². The minimum atomic E-state index is -4.45. The van der Waals surface area contributed by atoms with Crippen LogP contribution >= 0.6 is 0 Å². The maximum absolute atomic E-state index is 13.5. The summed E-state index contributed by atoms with van der Waals surface area (Å²) in [4.78, 5) is 32.5. The van der Waals surface area contributed by atoms with Crippen molar-refractivity contribution in [2.75, 3.05) is 13.1 Å². The Morgan fingerprint density at radius 2 is 1.92 bits per heavy atom. The fourth-order valence-corrected chi connectivity index (χ4v) is 5.02. The lowest BCUT2D eigenvalue weighted by Crippen LogP contribution is -2.51. The maximum Gasteiger partial charge on any atom is 0.418 e. The molecule has 1 aliphatic carbocycles. The van der Waals surface area contributed by atoms with Crippen molar-refractivity contribution in [1.82, 2.24) is 25.9 Å². The summed E-state index contributed by atoms with van der Waals surface area (Å²) in [6, 6.07) is 7.40. The molecule has 3 atom stereocenters. The second kappa shape index (κ2) is 11.9. The van der Waals surface area contributed by atoms with Gasteiger partial charge in [0, 0.05) is 48.5 Å². The van der Waals surface area contributed by atoms with Gasteiger partial charge in [-0.1, -0.05) is 32.4 Å². The van der Waals surface area contributed by atoms with E-state index in [1.54, 1.807) is 18.5 Å². The number of hydrogen-bond acceptors (Lipinski definition) is 3. The first-order valence-electron chi connectivity index (χ1n) is 13.1. The average molecular weight is 530 g/mol. The lowest BCUT2D eigenvalue weighted by Gasteiger charge is -2.28. The number of alkyl halides is 3. The van der Waals surface area contributed by atoms with Crippen molar-refractivity contribution in [3.05, 3.63) is 65.1 Å². The van der Waals surface area contributed by atoms with Crippen LogP contribution in [0.15, 0.2) is 42.7 Å². The number of rotatable bonds is 9. The zero-order valence-electron chi connectivity index (χ0n) is 21.6. The third-order valence-corrected chi connectivity index (χ3v) is 7.49. The van der Waals surface area contributed by atoms with Crippen LogP contribution in [-0.4, -0.2) is 41.0 Å². The summed E-state index contributed by atoms with van der Waals surface area (Å²) in [7, 11) is 0. The van der Waals surface area contributed by atoms with Crippen LogP contribution in [-0.2, 0) is 30.2 Å². The second-order valence-corrected chi connectivity index (χ2v) is 9.99. The number of para-hydroxylation sites is 1. The van der Waals surface area contributed by atoms with Crippen LogP contribution in [0.25, 0.3) is 10.9 Å². The van der Waals surface area contributed by atoms with Gasteiger partial charge in [0.15, 0.2) is 0 Å². The molecule has 0 radical (unpaired) electrons. The molecular weight excluding hydrogens is 495 g/mol. The van der Waals surface area contributed by atoms with E-state index in [1.807, 2.05) is 26.0 Å². The number of H-pyrrole nitrogens is 1. The number of amides is 3. The van der Waals surface area contributed by atoms with Crippen LogP contribution < -0.4 is 16.0 Å². The highest BCUT2D eigenvalue weighted by Crippen LogP contribution is 2.39. The SMILES string of the molecule is CCC(C)[C@@H](CNC(=O)NCCc1ccncc1)NC(=O)C1CCc2[nH]c3c(C(F)(F)F)cccc3c2C1. The van der Waals surface area contributed by atoms with Crippen molar-refractivity contribution in [3.63, 3.8) is 0 Å². The van der Waals surface area contributed by atoms with Gasteiger partial charge in [-0.3, -0.25) is 9.78 Å². The van der Waals surface area contributed by atoms with E-state index in [2.05, 4.69) is 25.9 Å². The van der Waals surface area contributed by atoms with Crippen molar-refractivity contribution < 1.29 is 22.8 Å². The second-order valence-electron chi connectivity index (χ2n) is 9.99. The van der Waals surface area contributed by atoms with Crippen LogP contribution in [0.3, 0.4) is 0 Å². The highest BCUT2D eigenvalue weighted by molar-refractivity contribution is 5.89. The number of nitrogens with zero attached hydrogens (tertiary/aromatic N) is 1. The smallest absolute Gasteiger partial charge is 0.358 e. The first-order chi connectivity index (χ1) is 18.2. The number of aromatic amines is 1. The van der Waals surface area contributed by atoms with Crippen LogP contribution in [0.2, 0.25) is 0 Å². The van der Waals surface area contributed by atoms with E-state index in [0.29, 0.717) is 37.6 Å². The Hall–Kier alpha value is -3.56. The standard InChI is InChI=1S/C28H34F3N5O2/c1-3-17(2)24(16-34-27(38)33-14-11-18-9-12-32-13-10-18)36-26(37)19-7-8-23-21(15-19)20-5-4-6-22(25(20)35-23)28(29,30)31/h4-6,9-10,12-13,17,19,24,35H,3,7-8,11,14-16H2,1-2H3,(H,36,37)(H2,33,34,38)/t17?,19?,24-/m1/s1. The number of urea groups is 1. The molecule has 10 heteroatoms. The van der Waals surface area contributed by atoms with Gasteiger partial charge in [-0.25, -0.2) is 4.79 Å². The summed E-state index contributed by atoms with van der Waals surface area (Å²) >= 11 is 0. The van der Waals surface area contributed by atoms with E-state index in [0.717, 1.165) is 29.3 Å². The van der Waals surface area contributed by atoms with Gasteiger partial charge in [-0.2, -0.15) is 13.2 Å². The quantitative estimate of drug-likeness (QED) is 0.322. The number of benzene rings is 1. The fraction of sp³-hybridized carbons (Fsp3) is 0.464. The lowest BCUT2D eigenvalue weighted by molar-refractivity contribution is -0.136. The van der Waals surface area contributed by atoms with Crippen LogP contribution in [0.4, 0.5) is 18.0 Å². The van der Waals surface area contributed by atoms with Gasteiger partial charge >= 0.3 is 12.2 Å². The molecule has 2 heterocycles. The predicted molar refractivity (Wildman–Crippen MR) is 140 cm³/mol. The highest BCUT2D eigenvalue weighted by Gasteiger charge is 2.35. The zero-order valence-corrected chi connectivity index (χ0v) is 21.6. The van der Waals surface area contributed by atoms with E-state index >= 15 is 0 Å². The summed E-state index contributed by atoms with van der Waals surface area (Å²) in [5.41, 5.74) is 2.02. The van der Waals surface area contributed by atoms with Gasteiger partial charge in [-0.15, -0.1) is 0 Å². The molecule has 0 aliphatic heterocycles. The molecule has 3 amide bonds. The number of halogens is 3. The number of fused-ring (bicyclic) bond motifs is 3. The monoisotopic (exact) mass is 529 g/mol. The number of hydrogen-bond donors (Lipinski definition) is 4. The van der Waals surface area contributed by atoms with E-state index in [1.165, 1.54) is 6.07 Å². The molecule has 2 aromatic heterocycles. The first-order valence-corrected chi connectivity index (χ1v) is 13.1. The maximum atomic E-state index is 13.5. The molecule has 3 aromatic rings. The molecule has 0 saturated carbocycles. The summed E-state index contributed by atoms with van der Waals surface area (Å²) in [6.45, 7) is 4.80. The van der Waals surface area contributed by atoms with Crippen LogP contribution in [0.1, 0.15) is 49.1 Å². The number of aromatic nitrogens is 2. The van der Waals surface area contributed by atoms with E-state index in [9.17, 15) is 22.8 Å². The number of carbonyl (C=O) groups is 2. The molecule has 0 fully saturated rings. The topological polar surface area (TPSA) is 98.9 Å². The zero-order chi connectivity index (χ0) is 27.3. The first kappa shape index (κ1) is 27.5. The molecule has 4 rings (SSSR count). The van der Waals surface area contributed by atoms with Gasteiger partial charge < -0.3 is 20.9 Å². The van der Waals surface area contributed by atoms with Crippen molar-refractivity contribution >= 4 is 22.8 Å². The summed E-state index contributed by atoms with van der Waals surface area (Å²) < 4.78 is 40.5. The van der Waals surface area contributed by atoms with Gasteiger partial charge in [0.1, 0.15) is 0 Å². The molecule has 38 heavy (non-hydrogen) atoms. The molecule has 7 nitrogen and oxygen atoms in total. The highest BCUT2D eigenvalue weighted by atomic mass is 19.4. The van der Waals surface area contributed by atoms with Crippen molar-refractivity contribution in [2.24, 2.45) is 11.8 Å². The minimum absolute atomic E-state index is 0.0858. The molecular formula is C28H34F3N5O2. The molecule has 1 aliphatic rings. The Labute approximate surface area is 220 Å². The van der Waals surface area contributed by atoms with E-state index < -0.39 is 11.7 Å². The summed E-state index contributed by atoms with van der Waals surface area (Å²) in [6.07, 6.45) is 1.89. The Morgan fingerprint density at radius 3 is 2.63 bits per heavy atom. The van der Waals surface area contributed by atoms with Gasteiger partial charge in [0.25, 0.3) is 0 Å². The molecule has 0 spiro atoms. The third-order valence-electron chi connectivity index (χ3n) is 7.49. The largest absolute Gasteiger partial charge is 0.418 e. The van der Waals surface area contributed by atoms with Crippen LogP contribution in [0.5, 0.6) is 0 Å². The number of pyridine rings is 1.